The quantitative estimate of drug-likeness (QED) is 0.191. The Morgan fingerprint density at radius 3 is 2.12 bits per heavy atom. The van der Waals surface area contributed by atoms with Crippen molar-refractivity contribution in [3.05, 3.63) is 94.2 Å². The van der Waals surface area contributed by atoms with Crippen LogP contribution in [-0.2, 0) is 17.3 Å². The molecular formula is C35H37NO5. The topological polar surface area (TPSA) is 96.7 Å². The third-order valence-corrected chi connectivity index (χ3v) is 7.73. The number of hydrogen-bond acceptors (Lipinski definition) is 6. The van der Waals surface area contributed by atoms with Gasteiger partial charge in [-0.2, -0.15) is 0 Å². The highest BCUT2D eigenvalue weighted by molar-refractivity contribution is 6.30. The SMILES string of the molecule is CC(C)(C)c1cc(CCCOc2cccc3ccc(C4C(=O)c5cccc(O)c5C4=O)nc23)cc(C(C)(C)C)c1O. The van der Waals surface area contributed by atoms with E-state index in [0.29, 0.717) is 29.3 Å². The summed E-state index contributed by atoms with van der Waals surface area (Å²) < 4.78 is 6.19. The molecule has 6 nitrogen and oxygen atoms in total. The largest absolute Gasteiger partial charge is 0.507 e. The van der Waals surface area contributed by atoms with Gasteiger partial charge < -0.3 is 14.9 Å². The average Bonchev–Trinajstić information content (AvgIpc) is 3.16. The summed E-state index contributed by atoms with van der Waals surface area (Å²) in [5, 5.41) is 22.1. The van der Waals surface area contributed by atoms with Crippen LogP contribution in [-0.4, -0.2) is 33.4 Å². The van der Waals surface area contributed by atoms with E-state index < -0.39 is 11.7 Å². The molecule has 5 rings (SSSR count). The van der Waals surface area contributed by atoms with E-state index in [0.717, 1.165) is 34.9 Å². The molecule has 1 heterocycles. The van der Waals surface area contributed by atoms with Crippen LogP contribution in [0.25, 0.3) is 10.9 Å². The summed E-state index contributed by atoms with van der Waals surface area (Å²) in [5.74, 6) is -1.11. The van der Waals surface area contributed by atoms with Crippen molar-refractivity contribution in [1.82, 2.24) is 4.98 Å². The number of pyridine rings is 1. The number of ketones is 2. The first-order valence-electron chi connectivity index (χ1n) is 14.1. The van der Waals surface area contributed by atoms with Gasteiger partial charge in [0, 0.05) is 10.9 Å². The number of phenols is 2. The summed E-state index contributed by atoms with van der Waals surface area (Å²) >= 11 is 0. The van der Waals surface area contributed by atoms with Gasteiger partial charge in [0.25, 0.3) is 0 Å². The molecule has 41 heavy (non-hydrogen) atoms. The van der Waals surface area contributed by atoms with Crippen molar-refractivity contribution in [2.75, 3.05) is 6.61 Å². The fraction of sp³-hybridized carbons (Fsp3) is 0.343. The fourth-order valence-corrected chi connectivity index (χ4v) is 5.54. The molecule has 0 bridgehead atoms. The maximum Gasteiger partial charge on any atom is 0.184 e. The molecule has 0 amide bonds. The van der Waals surface area contributed by atoms with Crippen molar-refractivity contribution in [2.24, 2.45) is 0 Å². The van der Waals surface area contributed by atoms with Crippen LogP contribution in [0, 0.1) is 0 Å². The molecule has 0 aliphatic heterocycles. The number of benzene rings is 3. The lowest BCUT2D eigenvalue weighted by Crippen LogP contribution is -2.18. The number of aryl methyl sites for hydroxylation is 1. The summed E-state index contributed by atoms with van der Waals surface area (Å²) in [6.45, 7) is 13.1. The zero-order valence-electron chi connectivity index (χ0n) is 24.5. The Morgan fingerprint density at radius 1 is 0.829 bits per heavy atom. The van der Waals surface area contributed by atoms with Gasteiger partial charge in [-0.05, 0) is 58.6 Å². The maximum atomic E-state index is 13.1. The second-order valence-corrected chi connectivity index (χ2v) is 12.9. The standard InChI is InChI=1S/C35H37NO5/c1-34(2,3)23-18-20(19-24(32(23)39)35(4,5)6)10-9-17-41-27-14-7-11-21-15-16-25(36-30(21)27)29-31(38)22-12-8-13-26(37)28(22)33(29)40/h7-8,11-16,18-19,29,37,39H,9-10,17H2,1-6H3. The van der Waals surface area contributed by atoms with E-state index in [9.17, 15) is 19.8 Å². The lowest BCUT2D eigenvalue weighted by Gasteiger charge is -2.28. The lowest BCUT2D eigenvalue weighted by molar-refractivity contribution is 0.0887. The maximum absolute atomic E-state index is 13.1. The number of fused-ring (bicyclic) bond motifs is 2. The van der Waals surface area contributed by atoms with E-state index in [4.69, 9.17) is 9.72 Å². The Morgan fingerprint density at radius 2 is 1.49 bits per heavy atom. The Labute approximate surface area is 241 Å². The minimum atomic E-state index is -1.08. The molecule has 1 aliphatic rings. The van der Waals surface area contributed by atoms with Crippen molar-refractivity contribution in [3.63, 3.8) is 0 Å². The summed E-state index contributed by atoms with van der Waals surface area (Å²) in [6.07, 6.45) is 1.53. The van der Waals surface area contributed by atoms with Gasteiger partial charge >= 0.3 is 0 Å². The predicted octanol–water partition coefficient (Wildman–Crippen LogP) is 7.42. The molecule has 212 valence electrons. The lowest BCUT2D eigenvalue weighted by atomic mass is 9.78. The summed E-state index contributed by atoms with van der Waals surface area (Å²) in [4.78, 5) is 30.9. The third-order valence-electron chi connectivity index (χ3n) is 7.73. The molecule has 3 aromatic carbocycles. The van der Waals surface area contributed by atoms with Crippen LogP contribution in [0.4, 0.5) is 0 Å². The highest BCUT2D eigenvalue weighted by Gasteiger charge is 2.42. The number of Topliss-reactive ketones (excluding diaryl/α,β-unsaturated/α-hetero) is 2. The van der Waals surface area contributed by atoms with E-state index in [1.54, 1.807) is 18.2 Å². The van der Waals surface area contributed by atoms with E-state index in [2.05, 4.69) is 53.7 Å². The van der Waals surface area contributed by atoms with Crippen molar-refractivity contribution >= 4 is 22.5 Å². The monoisotopic (exact) mass is 551 g/mol. The first-order chi connectivity index (χ1) is 19.3. The van der Waals surface area contributed by atoms with Crippen molar-refractivity contribution in [2.45, 2.75) is 71.1 Å². The predicted molar refractivity (Wildman–Crippen MR) is 161 cm³/mol. The highest BCUT2D eigenvalue weighted by atomic mass is 16.5. The zero-order valence-corrected chi connectivity index (χ0v) is 24.5. The van der Waals surface area contributed by atoms with Gasteiger partial charge in [-0.25, -0.2) is 4.98 Å². The average molecular weight is 552 g/mol. The van der Waals surface area contributed by atoms with Crippen LogP contribution in [0.3, 0.4) is 0 Å². The van der Waals surface area contributed by atoms with Crippen LogP contribution >= 0.6 is 0 Å². The molecule has 0 spiro atoms. The minimum Gasteiger partial charge on any atom is -0.507 e. The van der Waals surface area contributed by atoms with Crippen LogP contribution in [0.5, 0.6) is 17.2 Å². The van der Waals surface area contributed by atoms with Gasteiger partial charge in [-0.3, -0.25) is 9.59 Å². The van der Waals surface area contributed by atoms with Gasteiger partial charge in [-0.1, -0.05) is 84.0 Å². The zero-order chi connectivity index (χ0) is 29.7. The molecule has 0 saturated carbocycles. The summed E-state index contributed by atoms with van der Waals surface area (Å²) in [6, 6.07) is 17.9. The fourth-order valence-electron chi connectivity index (χ4n) is 5.54. The van der Waals surface area contributed by atoms with Crippen LogP contribution in [0.2, 0.25) is 0 Å². The molecular weight excluding hydrogens is 514 g/mol. The van der Waals surface area contributed by atoms with E-state index in [-0.39, 0.29) is 33.5 Å². The second kappa shape index (κ2) is 10.3. The van der Waals surface area contributed by atoms with E-state index in [1.807, 2.05) is 24.3 Å². The van der Waals surface area contributed by atoms with Gasteiger partial charge in [0.05, 0.1) is 17.9 Å². The molecule has 2 N–H and O–H groups in total. The van der Waals surface area contributed by atoms with E-state index in [1.165, 1.54) is 6.07 Å². The number of hydrogen-bond donors (Lipinski definition) is 2. The molecule has 4 aromatic rings. The number of phenolic OH excluding ortho intramolecular Hbond substituents is 2. The number of carbonyl (C=O) groups excluding carboxylic acids is 2. The molecule has 1 aromatic heterocycles. The van der Waals surface area contributed by atoms with Gasteiger partial charge in [0.15, 0.2) is 11.6 Å². The first-order valence-corrected chi connectivity index (χ1v) is 14.1. The first kappa shape index (κ1) is 28.3. The van der Waals surface area contributed by atoms with Crippen LogP contribution in [0.1, 0.15) is 97.0 Å². The Balaban J connectivity index is 1.36. The number of aromatic nitrogens is 1. The smallest absolute Gasteiger partial charge is 0.184 e. The van der Waals surface area contributed by atoms with Crippen LogP contribution in [0.15, 0.2) is 60.7 Å². The molecule has 6 heteroatoms. The van der Waals surface area contributed by atoms with Crippen molar-refractivity contribution in [1.29, 1.82) is 0 Å². The summed E-state index contributed by atoms with van der Waals surface area (Å²) in [5.41, 5.74) is 3.87. The number of rotatable bonds is 6. The Kier molecular flexibility index (Phi) is 7.14. The number of aromatic hydroxyl groups is 2. The number of carbonyl (C=O) groups is 2. The van der Waals surface area contributed by atoms with Crippen molar-refractivity contribution in [3.8, 4) is 17.2 Å². The van der Waals surface area contributed by atoms with Gasteiger partial charge in [0.1, 0.15) is 28.7 Å². The minimum absolute atomic E-state index is 0.0624. The van der Waals surface area contributed by atoms with Gasteiger partial charge in [-0.15, -0.1) is 0 Å². The van der Waals surface area contributed by atoms with Gasteiger partial charge in [0.2, 0.25) is 0 Å². The Bertz CT molecular complexity index is 1640. The highest BCUT2D eigenvalue weighted by Crippen LogP contribution is 2.41. The molecule has 1 aliphatic carbocycles. The molecule has 0 fully saturated rings. The number of ether oxygens (including phenoxy) is 1. The normalized spacial score (nSPS) is 15.4. The third kappa shape index (κ3) is 5.31. The molecule has 1 atom stereocenters. The number of nitrogens with zero attached hydrogens (tertiary/aromatic N) is 1. The summed E-state index contributed by atoms with van der Waals surface area (Å²) in [7, 11) is 0. The molecule has 1 unspecified atom stereocenters. The van der Waals surface area contributed by atoms with E-state index >= 15 is 0 Å². The van der Waals surface area contributed by atoms with Crippen molar-refractivity contribution < 1.29 is 24.5 Å². The second-order valence-electron chi connectivity index (χ2n) is 12.9. The molecule has 0 saturated heterocycles. The molecule has 0 radical (unpaired) electrons. The Hall–Kier alpha value is -4.19. The number of para-hydroxylation sites is 1. The van der Waals surface area contributed by atoms with Crippen LogP contribution < -0.4 is 4.74 Å².